The van der Waals surface area contributed by atoms with E-state index in [1.807, 2.05) is 0 Å². The van der Waals surface area contributed by atoms with Crippen LogP contribution in [0, 0.1) is 6.92 Å². The molecule has 0 spiro atoms. The third-order valence-corrected chi connectivity index (χ3v) is 13.0. The first-order valence-corrected chi connectivity index (χ1v) is 23.9. The Labute approximate surface area is 411 Å². The Hall–Kier alpha value is -9.12. The maximum Gasteiger partial charge on any atom is 0.0468 e. The fraction of sp³-hybridized carbons (Fsp3) is 0.0303. The van der Waals surface area contributed by atoms with Gasteiger partial charge in [-0.25, -0.2) is 0 Å². The normalized spacial score (nSPS) is 11.2. The van der Waals surface area contributed by atoms with Gasteiger partial charge in [0, 0.05) is 68.2 Å². The van der Waals surface area contributed by atoms with Crippen LogP contribution in [0.5, 0.6) is 0 Å². The van der Waals surface area contributed by atoms with Crippen molar-refractivity contribution in [2.45, 2.75) is 13.8 Å². The van der Waals surface area contributed by atoms with Crippen LogP contribution in [0.2, 0.25) is 0 Å². The molecule has 4 heteroatoms. The molecule has 11 rings (SSSR count). The Morgan fingerprint density at radius 3 is 0.829 bits per heavy atom. The van der Waals surface area contributed by atoms with Crippen LogP contribution < -0.4 is 19.6 Å². The molecule has 0 saturated heterocycles. The summed E-state index contributed by atoms with van der Waals surface area (Å²) in [6, 6.07) is 95.9. The second-order valence-corrected chi connectivity index (χ2v) is 17.5. The number of rotatable bonds is 13. The number of aryl methyl sites for hydroxylation is 1. The number of hydrogen-bond acceptors (Lipinski definition) is 4. The highest BCUT2D eigenvalue weighted by Crippen LogP contribution is 2.44. The molecule has 0 N–H and O–H groups in total. The molecule has 0 radical (unpaired) electrons. The van der Waals surface area contributed by atoms with Gasteiger partial charge < -0.3 is 19.6 Å². The summed E-state index contributed by atoms with van der Waals surface area (Å²) in [5.41, 5.74) is 15.4. The smallest absolute Gasteiger partial charge is 0.0468 e. The highest BCUT2D eigenvalue weighted by molar-refractivity contribution is 5.92. The average Bonchev–Trinajstić information content (AvgIpc) is 3.42. The topological polar surface area (TPSA) is 13.0 Å². The Kier molecular flexibility index (Phi) is 12.2. The van der Waals surface area contributed by atoms with Crippen LogP contribution >= 0.6 is 0 Å². The third kappa shape index (κ3) is 8.90. The number of fused-ring (bicyclic) bond motifs is 2. The van der Waals surface area contributed by atoms with Crippen LogP contribution in [0.25, 0.3) is 27.6 Å². The molecule has 0 amide bonds. The molecule has 0 bridgehead atoms. The fourth-order valence-electron chi connectivity index (χ4n) is 9.57. The number of allylic oxidation sites excluding steroid dienone is 1. The number of hydrogen-bond donors (Lipinski definition) is 0. The van der Waals surface area contributed by atoms with E-state index in [-0.39, 0.29) is 0 Å². The van der Waals surface area contributed by atoms with Gasteiger partial charge in [-0.3, -0.25) is 0 Å². The van der Waals surface area contributed by atoms with Gasteiger partial charge in [-0.2, -0.15) is 0 Å². The monoisotopic (exact) mass is 900 g/mol. The van der Waals surface area contributed by atoms with E-state index in [0.29, 0.717) is 0 Å². The van der Waals surface area contributed by atoms with Crippen molar-refractivity contribution in [3.8, 4) is 0 Å². The van der Waals surface area contributed by atoms with Crippen molar-refractivity contribution in [2.24, 2.45) is 0 Å². The summed E-state index contributed by atoms with van der Waals surface area (Å²) in [4.78, 5) is 9.35. The van der Waals surface area contributed by atoms with Crippen molar-refractivity contribution >= 4 is 95.9 Å². The van der Waals surface area contributed by atoms with Crippen LogP contribution in [-0.4, -0.2) is 0 Å². The first-order chi connectivity index (χ1) is 34.6. The Morgan fingerprint density at radius 1 is 0.243 bits per heavy atom. The molecule has 0 aromatic heterocycles. The largest absolute Gasteiger partial charge is 0.310 e. The minimum atomic E-state index is 1.04. The predicted molar refractivity (Wildman–Crippen MR) is 300 cm³/mol. The quantitative estimate of drug-likeness (QED) is 0.114. The van der Waals surface area contributed by atoms with Gasteiger partial charge in [-0.05, 0) is 192 Å². The van der Waals surface area contributed by atoms with Crippen LogP contribution in [0.15, 0.2) is 273 Å². The standard InChI is InChI=1S/C66H52N4/c1-3-17-50-28-31-64(46-49(50)2)68(55-22-7-4-8-23-55)61-40-34-58(35-41-61)67(59-36-42-62(43-37-59)69(56-24-9-5-10-25-56)65-32-29-51-18-13-15-20-53(51)47-65)60-38-44-63(45-39-60)70(57-26-11-6-12-27-57)66-33-30-52-19-14-16-21-54(52)48-66/h3-48H,1-2H3/b17-3-. The van der Waals surface area contributed by atoms with Gasteiger partial charge in [0.15, 0.2) is 0 Å². The summed E-state index contributed by atoms with van der Waals surface area (Å²) in [5.74, 6) is 0. The lowest BCUT2D eigenvalue weighted by molar-refractivity contribution is 1.24. The molecule has 11 aromatic rings. The SMILES string of the molecule is C/C=C\c1ccc(N(c2ccccc2)c2ccc(N(c3ccc(N(c4ccccc4)c4ccc5ccccc5c4)cc3)c3ccc(N(c4ccccc4)c4ccc5ccccc5c4)cc3)cc2)cc1C. The predicted octanol–water partition coefficient (Wildman–Crippen LogP) is 19.2. The van der Waals surface area contributed by atoms with E-state index in [0.717, 1.165) is 68.2 Å². The summed E-state index contributed by atoms with van der Waals surface area (Å²) in [7, 11) is 0. The fourth-order valence-corrected chi connectivity index (χ4v) is 9.57. The lowest BCUT2D eigenvalue weighted by Gasteiger charge is -2.30. The number of anilines is 12. The van der Waals surface area contributed by atoms with Crippen LogP contribution in [-0.2, 0) is 0 Å². The molecule has 0 aliphatic carbocycles. The minimum absolute atomic E-state index is 1.04. The first kappa shape index (κ1) is 43.5. The van der Waals surface area contributed by atoms with Crippen molar-refractivity contribution < 1.29 is 0 Å². The van der Waals surface area contributed by atoms with E-state index < -0.39 is 0 Å². The molecular formula is C66H52N4. The van der Waals surface area contributed by atoms with Crippen LogP contribution in [0.4, 0.5) is 68.2 Å². The summed E-state index contributed by atoms with van der Waals surface area (Å²) >= 11 is 0. The molecular weight excluding hydrogens is 849 g/mol. The molecule has 0 aliphatic heterocycles. The van der Waals surface area contributed by atoms with Crippen molar-refractivity contribution in [1.29, 1.82) is 0 Å². The third-order valence-electron chi connectivity index (χ3n) is 13.0. The zero-order valence-electron chi connectivity index (χ0n) is 39.3. The van der Waals surface area contributed by atoms with Gasteiger partial charge in [-0.1, -0.05) is 133 Å². The van der Waals surface area contributed by atoms with E-state index in [9.17, 15) is 0 Å². The maximum atomic E-state index is 2.35. The van der Waals surface area contributed by atoms with E-state index in [1.165, 1.54) is 32.7 Å². The number of para-hydroxylation sites is 3. The molecule has 0 unspecified atom stereocenters. The first-order valence-electron chi connectivity index (χ1n) is 23.9. The molecule has 70 heavy (non-hydrogen) atoms. The summed E-state index contributed by atoms with van der Waals surface area (Å²) in [5, 5.41) is 4.84. The summed E-state index contributed by atoms with van der Waals surface area (Å²) < 4.78 is 0. The van der Waals surface area contributed by atoms with Crippen LogP contribution in [0.1, 0.15) is 18.1 Å². The van der Waals surface area contributed by atoms with Gasteiger partial charge in [0.25, 0.3) is 0 Å². The van der Waals surface area contributed by atoms with E-state index in [4.69, 9.17) is 0 Å². The summed E-state index contributed by atoms with van der Waals surface area (Å²) in [6.07, 6.45) is 4.26. The van der Waals surface area contributed by atoms with Gasteiger partial charge in [0.2, 0.25) is 0 Å². The molecule has 4 nitrogen and oxygen atoms in total. The van der Waals surface area contributed by atoms with Gasteiger partial charge >= 0.3 is 0 Å². The molecule has 336 valence electrons. The lowest BCUT2D eigenvalue weighted by atomic mass is 10.1. The van der Waals surface area contributed by atoms with Gasteiger partial charge in [0.05, 0.1) is 0 Å². The molecule has 0 aliphatic rings. The second kappa shape index (κ2) is 19.6. The number of benzene rings is 11. The average molecular weight is 901 g/mol. The zero-order chi connectivity index (χ0) is 47.2. The van der Waals surface area contributed by atoms with E-state index in [1.54, 1.807) is 0 Å². The van der Waals surface area contributed by atoms with Gasteiger partial charge in [0.1, 0.15) is 0 Å². The van der Waals surface area contributed by atoms with Gasteiger partial charge in [-0.15, -0.1) is 0 Å². The molecule has 11 aromatic carbocycles. The molecule has 0 saturated carbocycles. The molecule has 0 heterocycles. The lowest BCUT2D eigenvalue weighted by Crippen LogP contribution is -2.14. The van der Waals surface area contributed by atoms with Crippen molar-refractivity contribution in [3.63, 3.8) is 0 Å². The number of nitrogens with zero attached hydrogens (tertiary/aromatic N) is 4. The Bertz CT molecular complexity index is 3390. The van der Waals surface area contributed by atoms with E-state index >= 15 is 0 Å². The van der Waals surface area contributed by atoms with Crippen LogP contribution in [0.3, 0.4) is 0 Å². The molecule has 0 atom stereocenters. The minimum Gasteiger partial charge on any atom is -0.310 e. The Morgan fingerprint density at radius 2 is 0.500 bits per heavy atom. The molecule has 0 fully saturated rings. The highest BCUT2D eigenvalue weighted by atomic mass is 15.2. The second-order valence-electron chi connectivity index (χ2n) is 17.5. The highest BCUT2D eigenvalue weighted by Gasteiger charge is 2.20. The maximum absolute atomic E-state index is 2.35. The van der Waals surface area contributed by atoms with Crippen molar-refractivity contribution in [1.82, 2.24) is 0 Å². The van der Waals surface area contributed by atoms with Crippen molar-refractivity contribution in [2.75, 3.05) is 19.6 Å². The van der Waals surface area contributed by atoms with E-state index in [2.05, 4.69) is 313 Å². The van der Waals surface area contributed by atoms with Crippen molar-refractivity contribution in [3.05, 3.63) is 284 Å². The Balaban J connectivity index is 1.01. The zero-order valence-corrected chi connectivity index (χ0v) is 39.3. The summed E-state index contributed by atoms with van der Waals surface area (Å²) in [6.45, 7) is 4.25.